The molecule has 0 bridgehead atoms. The predicted octanol–water partition coefficient (Wildman–Crippen LogP) is 5.01. The van der Waals surface area contributed by atoms with Crippen molar-refractivity contribution < 1.29 is 9.18 Å². The minimum Gasteiger partial charge on any atom is -0.338 e. The third-order valence-corrected chi connectivity index (χ3v) is 5.19. The molecule has 1 amide bonds. The van der Waals surface area contributed by atoms with E-state index in [2.05, 4.69) is 5.10 Å². The van der Waals surface area contributed by atoms with E-state index in [1.165, 1.54) is 12.1 Å². The summed E-state index contributed by atoms with van der Waals surface area (Å²) in [5.41, 5.74) is 4.59. The molecule has 0 aliphatic carbocycles. The maximum Gasteiger partial charge on any atom is 0.246 e. The SMILES string of the molecule is Cc1nn(Cc2ccccc2Cl)c(C)c1/C=C/C(=O)N(C)Cc1ccc(F)cc1. The lowest BCUT2D eigenvalue weighted by molar-refractivity contribution is -0.125. The van der Waals surface area contributed by atoms with Gasteiger partial charge in [-0.05, 0) is 49.2 Å². The van der Waals surface area contributed by atoms with Crippen LogP contribution in [0.4, 0.5) is 4.39 Å². The Labute approximate surface area is 175 Å². The van der Waals surface area contributed by atoms with Crippen LogP contribution in [-0.4, -0.2) is 27.6 Å². The van der Waals surface area contributed by atoms with Crippen molar-refractivity contribution in [1.29, 1.82) is 0 Å². The molecule has 1 aromatic heterocycles. The normalized spacial score (nSPS) is 11.2. The number of nitrogens with zero attached hydrogens (tertiary/aromatic N) is 3. The first-order valence-electron chi connectivity index (χ1n) is 9.30. The molecule has 0 unspecified atom stereocenters. The number of carbonyl (C=O) groups excluding carboxylic acids is 1. The van der Waals surface area contributed by atoms with E-state index in [0.717, 1.165) is 28.1 Å². The second-order valence-electron chi connectivity index (χ2n) is 6.99. The summed E-state index contributed by atoms with van der Waals surface area (Å²) < 4.78 is 14.9. The van der Waals surface area contributed by atoms with E-state index in [-0.39, 0.29) is 11.7 Å². The molecule has 0 aliphatic rings. The standard InChI is InChI=1S/C23H23ClFN3O/c1-16-21(17(2)28(26-16)15-19-6-4-5-7-22(19)24)12-13-23(29)27(3)14-18-8-10-20(25)11-9-18/h4-13H,14-15H2,1-3H3/b13-12+. The second-order valence-corrected chi connectivity index (χ2v) is 7.39. The van der Waals surface area contributed by atoms with Crippen LogP contribution < -0.4 is 0 Å². The number of rotatable bonds is 6. The molecule has 1 heterocycles. The minimum atomic E-state index is -0.289. The molecule has 0 spiro atoms. The molecule has 4 nitrogen and oxygen atoms in total. The molecule has 0 aliphatic heterocycles. The van der Waals surface area contributed by atoms with Crippen molar-refractivity contribution in [2.75, 3.05) is 7.05 Å². The Morgan fingerprint density at radius 1 is 1.17 bits per heavy atom. The smallest absolute Gasteiger partial charge is 0.246 e. The summed E-state index contributed by atoms with van der Waals surface area (Å²) in [6, 6.07) is 13.8. The minimum absolute atomic E-state index is 0.132. The average Bonchev–Trinajstić information content (AvgIpc) is 2.96. The Hall–Kier alpha value is -2.92. The number of carbonyl (C=O) groups is 1. The first-order chi connectivity index (χ1) is 13.8. The number of aryl methyl sites for hydroxylation is 1. The molecule has 0 saturated heterocycles. The van der Waals surface area contributed by atoms with Gasteiger partial charge in [0.25, 0.3) is 0 Å². The lowest BCUT2D eigenvalue weighted by Crippen LogP contribution is -2.24. The van der Waals surface area contributed by atoms with Gasteiger partial charge in [-0.2, -0.15) is 5.10 Å². The largest absolute Gasteiger partial charge is 0.338 e. The first kappa shape index (κ1) is 20.8. The van der Waals surface area contributed by atoms with Crippen LogP contribution >= 0.6 is 11.6 Å². The number of aromatic nitrogens is 2. The second kappa shape index (κ2) is 9.05. The highest BCUT2D eigenvalue weighted by atomic mass is 35.5. The molecule has 0 fully saturated rings. The van der Waals surface area contributed by atoms with E-state index in [0.29, 0.717) is 18.1 Å². The number of amides is 1. The third kappa shape index (κ3) is 5.12. The summed E-state index contributed by atoms with van der Waals surface area (Å²) in [5.74, 6) is -0.422. The van der Waals surface area contributed by atoms with Crippen LogP contribution in [0.1, 0.15) is 28.1 Å². The molecular weight excluding hydrogens is 389 g/mol. The molecule has 6 heteroatoms. The first-order valence-corrected chi connectivity index (χ1v) is 9.68. The molecule has 3 aromatic rings. The van der Waals surface area contributed by atoms with Gasteiger partial charge in [0.2, 0.25) is 5.91 Å². The molecule has 3 rings (SSSR count). The van der Waals surface area contributed by atoms with Crippen molar-refractivity contribution in [2.24, 2.45) is 0 Å². The van der Waals surface area contributed by atoms with Gasteiger partial charge in [0.15, 0.2) is 0 Å². The van der Waals surface area contributed by atoms with Crippen molar-refractivity contribution in [2.45, 2.75) is 26.9 Å². The molecule has 0 N–H and O–H groups in total. The molecule has 2 aromatic carbocycles. The molecule has 150 valence electrons. The van der Waals surface area contributed by atoms with Crippen molar-refractivity contribution in [3.05, 3.63) is 93.5 Å². The van der Waals surface area contributed by atoms with Gasteiger partial charge < -0.3 is 4.90 Å². The quantitative estimate of drug-likeness (QED) is 0.534. The third-order valence-electron chi connectivity index (χ3n) is 4.82. The van der Waals surface area contributed by atoms with Crippen molar-refractivity contribution in [1.82, 2.24) is 14.7 Å². The maximum absolute atomic E-state index is 13.0. The Morgan fingerprint density at radius 2 is 1.86 bits per heavy atom. The van der Waals surface area contributed by atoms with Crippen LogP contribution in [0.15, 0.2) is 54.6 Å². The number of halogens is 2. The topological polar surface area (TPSA) is 38.1 Å². The molecule has 29 heavy (non-hydrogen) atoms. The average molecular weight is 412 g/mol. The summed E-state index contributed by atoms with van der Waals surface area (Å²) in [6.07, 6.45) is 3.34. The monoisotopic (exact) mass is 411 g/mol. The van der Waals surface area contributed by atoms with Gasteiger partial charge in [-0.15, -0.1) is 0 Å². The zero-order chi connectivity index (χ0) is 21.0. The van der Waals surface area contributed by atoms with Crippen molar-refractivity contribution >= 4 is 23.6 Å². The van der Waals surface area contributed by atoms with Gasteiger partial charge in [0, 0.05) is 35.9 Å². The van der Waals surface area contributed by atoms with Crippen LogP contribution in [0.5, 0.6) is 0 Å². The summed E-state index contributed by atoms with van der Waals surface area (Å²) in [6.45, 7) is 4.87. The van der Waals surface area contributed by atoms with Gasteiger partial charge in [0.05, 0.1) is 12.2 Å². The zero-order valence-corrected chi connectivity index (χ0v) is 17.4. The van der Waals surface area contributed by atoms with E-state index in [1.807, 2.05) is 42.8 Å². The highest BCUT2D eigenvalue weighted by Crippen LogP contribution is 2.20. The number of likely N-dealkylation sites (N-methyl/N-ethyl adjacent to an activating group) is 1. The Bertz CT molecular complexity index is 1040. The van der Waals surface area contributed by atoms with Gasteiger partial charge >= 0.3 is 0 Å². The lowest BCUT2D eigenvalue weighted by atomic mass is 10.1. The Morgan fingerprint density at radius 3 is 2.55 bits per heavy atom. The number of benzene rings is 2. The van der Waals surface area contributed by atoms with Crippen molar-refractivity contribution in [3.8, 4) is 0 Å². The van der Waals surface area contributed by atoms with Crippen LogP contribution in [0, 0.1) is 19.7 Å². The zero-order valence-electron chi connectivity index (χ0n) is 16.7. The van der Waals surface area contributed by atoms with Crippen LogP contribution in [0.25, 0.3) is 6.08 Å². The highest BCUT2D eigenvalue weighted by Gasteiger charge is 2.12. The van der Waals surface area contributed by atoms with E-state index in [9.17, 15) is 9.18 Å². The fourth-order valence-electron chi connectivity index (χ4n) is 3.12. The van der Waals surface area contributed by atoms with Crippen molar-refractivity contribution in [3.63, 3.8) is 0 Å². The summed E-state index contributed by atoms with van der Waals surface area (Å²) in [7, 11) is 1.72. The van der Waals surface area contributed by atoms with Gasteiger partial charge in [-0.3, -0.25) is 9.48 Å². The highest BCUT2D eigenvalue weighted by molar-refractivity contribution is 6.31. The van der Waals surface area contributed by atoms with Crippen LogP contribution in [-0.2, 0) is 17.9 Å². The Kier molecular flexibility index (Phi) is 6.49. The summed E-state index contributed by atoms with van der Waals surface area (Å²) in [4.78, 5) is 14.1. The molecule has 0 radical (unpaired) electrons. The van der Waals surface area contributed by atoms with E-state index < -0.39 is 0 Å². The molecular formula is C23H23ClFN3O. The number of hydrogen-bond acceptors (Lipinski definition) is 2. The lowest BCUT2D eigenvalue weighted by Gasteiger charge is -2.15. The van der Waals surface area contributed by atoms with E-state index in [1.54, 1.807) is 36.2 Å². The summed E-state index contributed by atoms with van der Waals surface area (Å²) in [5, 5.41) is 5.30. The van der Waals surface area contributed by atoms with Crippen LogP contribution in [0.2, 0.25) is 5.02 Å². The fourth-order valence-corrected chi connectivity index (χ4v) is 3.31. The molecule has 0 saturated carbocycles. The van der Waals surface area contributed by atoms with Gasteiger partial charge in [-0.1, -0.05) is 41.9 Å². The van der Waals surface area contributed by atoms with Gasteiger partial charge in [-0.25, -0.2) is 4.39 Å². The fraction of sp³-hybridized carbons (Fsp3) is 0.217. The van der Waals surface area contributed by atoms with E-state index >= 15 is 0 Å². The summed E-state index contributed by atoms with van der Waals surface area (Å²) >= 11 is 6.26. The Balaban J connectivity index is 1.71. The molecule has 0 atom stereocenters. The van der Waals surface area contributed by atoms with Gasteiger partial charge in [0.1, 0.15) is 5.82 Å². The maximum atomic E-state index is 13.0. The predicted molar refractivity (Wildman–Crippen MR) is 114 cm³/mol. The van der Waals surface area contributed by atoms with Crippen LogP contribution in [0.3, 0.4) is 0 Å². The van der Waals surface area contributed by atoms with E-state index in [4.69, 9.17) is 11.6 Å². The number of hydrogen-bond donors (Lipinski definition) is 0.